The van der Waals surface area contributed by atoms with Gasteiger partial charge in [0.2, 0.25) is 0 Å². The Labute approximate surface area is 105 Å². The van der Waals surface area contributed by atoms with Crippen LogP contribution in [0.25, 0.3) is 0 Å². The van der Waals surface area contributed by atoms with Crippen LogP contribution in [0.2, 0.25) is 0 Å². The number of hydrogen-bond donors (Lipinski definition) is 2. The van der Waals surface area contributed by atoms with Crippen molar-refractivity contribution < 1.29 is 9.53 Å². The summed E-state index contributed by atoms with van der Waals surface area (Å²) in [4.78, 5) is 17.1. The zero-order valence-corrected chi connectivity index (χ0v) is 10.9. The average Bonchev–Trinajstić information content (AvgIpc) is 2.59. The fraction of sp³-hybridized carbons (Fsp3) is 0.636. The van der Waals surface area contributed by atoms with Gasteiger partial charge in [0.15, 0.2) is 5.13 Å². The molecule has 0 unspecified atom stereocenters. The summed E-state index contributed by atoms with van der Waals surface area (Å²) >= 11 is 1.50. The number of amides is 2. The molecule has 2 heterocycles. The zero-order chi connectivity index (χ0) is 12.3. The molecule has 6 heteroatoms. The largest absolute Gasteiger partial charge is 0.381 e. The standard InChI is InChI=1S/C11H17N3O2S/c1-7-8(2)17-11(12-7)14-10(15)13-9-3-5-16-6-4-9/h9H,3-6H2,1-2H3,(H2,12,13,14,15). The Hall–Kier alpha value is -1.14. The quantitative estimate of drug-likeness (QED) is 0.850. The lowest BCUT2D eigenvalue weighted by atomic mass is 10.1. The second-order valence-electron chi connectivity index (χ2n) is 4.15. The Bertz CT molecular complexity index is 380. The van der Waals surface area contributed by atoms with Crippen LogP contribution in [0.4, 0.5) is 9.93 Å². The third-order valence-corrected chi connectivity index (χ3v) is 3.79. The summed E-state index contributed by atoms with van der Waals surface area (Å²) in [5.74, 6) is 0. The maximum atomic E-state index is 11.7. The average molecular weight is 255 g/mol. The van der Waals surface area contributed by atoms with Crippen LogP contribution in [0.5, 0.6) is 0 Å². The molecule has 0 bridgehead atoms. The maximum Gasteiger partial charge on any atom is 0.321 e. The first-order chi connectivity index (χ1) is 8.15. The molecule has 0 saturated carbocycles. The van der Waals surface area contributed by atoms with Crippen LogP contribution in [-0.2, 0) is 4.74 Å². The van der Waals surface area contributed by atoms with E-state index in [1.165, 1.54) is 11.3 Å². The molecule has 0 spiro atoms. The molecule has 0 aliphatic carbocycles. The number of ether oxygens (including phenoxy) is 1. The van der Waals surface area contributed by atoms with E-state index < -0.39 is 0 Å². The van der Waals surface area contributed by atoms with Crippen molar-refractivity contribution in [3.8, 4) is 0 Å². The molecule has 17 heavy (non-hydrogen) atoms. The summed E-state index contributed by atoms with van der Waals surface area (Å²) < 4.78 is 5.24. The van der Waals surface area contributed by atoms with Gasteiger partial charge in [0.25, 0.3) is 0 Å². The molecule has 1 aromatic heterocycles. The number of carbonyl (C=O) groups is 1. The van der Waals surface area contributed by atoms with E-state index in [-0.39, 0.29) is 12.1 Å². The summed E-state index contributed by atoms with van der Waals surface area (Å²) in [5.41, 5.74) is 0.969. The molecule has 1 aliphatic heterocycles. The molecule has 94 valence electrons. The van der Waals surface area contributed by atoms with Gasteiger partial charge in [-0.1, -0.05) is 0 Å². The monoisotopic (exact) mass is 255 g/mol. The van der Waals surface area contributed by atoms with E-state index in [4.69, 9.17) is 4.74 Å². The fourth-order valence-electron chi connectivity index (χ4n) is 1.69. The van der Waals surface area contributed by atoms with Gasteiger partial charge in [0.05, 0.1) is 5.69 Å². The fourth-order valence-corrected chi connectivity index (χ4v) is 2.50. The molecule has 0 radical (unpaired) electrons. The molecule has 2 amide bonds. The zero-order valence-electron chi connectivity index (χ0n) is 10.1. The number of aryl methyl sites for hydroxylation is 2. The molecule has 1 aliphatic rings. The van der Waals surface area contributed by atoms with Gasteiger partial charge in [-0.05, 0) is 26.7 Å². The Morgan fingerprint density at radius 1 is 1.41 bits per heavy atom. The summed E-state index contributed by atoms with van der Waals surface area (Å²) in [7, 11) is 0. The molecule has 1 aromatic rings. The molecule has 1 fully saturated rings. The van der Waals surface area contributed by atoms with E-state index in [1.807, 2.05) is 13.8 Å². The van der Waals surface area contributed by atoms with Gasteiger partial charge in [0, 0.05) is 24.1 Å². The number of carbonyl (C=O) groups excluding carboxylic acids is 1. The Morgan fingerprint density at radius 2 is 2.12 bits per heavy atom. The van der Waals surface area contributed by atoms with Crippen molar-refractivity contribution in [2.45, 2.75) is 32.7 Å². The van der Waals surface area contributed by atoms with E-state index in [0.29, 0.717) is 5.13 Å². The highest BCUT2D eigenvalue weighted by Gasteiger charge is 2.16. The van der Waals surface area contributed by atoms with Gasteiger partial charge in [-0.2, -0.15) is 0 Å². The van der Waals surface area contributed by atoms with Crippen LogP contribution in [0, 0.1) is 13.8 Å². The predicted molar refractivity (Wildman–Crippen MR) is 67.6 cm³/mol. The van der Waals surface area contributed by atoms with Gasteiger partial charge < -0.3 is 10.1 Å². The molecule has 2 rings (SSSR count). The van der Waals surface area contributed by atoms with Crippen molar-refractivity contribution in [1.29, 1.82) is 0 Å². The van der Waals surface area contributed by atoms with E-state index in [9.17, 15) is 4.79 Å². The number of aromatic nitrogens is 1. The van der Waals surface area contributed by atoms with E-state index in [0.717, 1.165) is 36.6 Å². The highest BCUT2D eigenvalue weighted by atomic mass is 32.1. The number of anilines is 1. The van der Waals surface area contributed by atoms with Gasteiger partial charge in [-0.25, -0.2) is 9.78 Å². The maximum absolute atomic E-state index is 11.7. The minimum atomic E-state index is -0.175. The Kier molecular flexibility index (Phi) is 3.96. The molecule has 1 saturated heterocycles. The van der Waals surface area contributed by atoms with Crippen molar-refractivity contribution in [3.05, 3.63) is 10.6 Å². The van der Waals surface area contributed by atoms with Crippen LogP contribution in [-0.4, -0.2) is 30.3 Å². The van der Waals surface area contributed by atoms with Crippen LogP contribution in [0.15, 0.2) is 0 Å². The SMILES string of the molecule is Cc1nc(NC(=O)NC2CCOCC2)sc1C. The lowest BCUT2D eigenvalue weighted by molar-refractivity contribution is 0.0806. The number of thiazole rings is 1. The Balaban J connectivity index is 1.84. The minimum Gasteiger partial charge on any atom is -0.381 e. The topological polar surface area (TPSA) is 63.2 Å². The first-order valence-corrected chi connectivity index (χ1v) is 6.56. The normalized spacial score (nSPS) is 16.8. The first kappa shape index (κ1) is 12.3. The van der Waals surface area contributed by atoms with Gasteiger partial charge >= 0.3 is 6.03 Å². The highest BCUT2D eigenvalue weighted by molar-refractivity contribution is 7.15. The second kappa shape index (κ2) is 5.46. The Morgan fingerprint density at radius 3 is 2.71 bits per heavy atom. The number of hydrogen-bond acceptors (Lipinski definition) is 4. The van der Waals surface area contributed by atoms with Crippen LogP contribution in [0.3, 0.4) is 0 Å². The van der Waals surface area contributed by atoms with Gasteiger partial charge in [-0.3, -0.25) is 5.32 Å². The van der Waals surface area contributed by atoms with Crippen LogP contribution < -0.4 is 10.6 Å². The third-order valence-electron chi connectivity index (χ3n) is 2.81. The van der Waals surface area contributed by atoms with Crippen LogP contribution in [0.1, 0.15) is 23.4 Å². The molecule has 0 aromatic carbocycles. The number of rotatable bonds is 2. The van der Waals surface area contributed by atoms with E-state index >= 15 is 0 Å². The first-order valence-electron chi connectivity index (χ1n) is 5.74. The molecular weight excluding hydrogens is 238 g/mol. The van der Waals surface area contributed by atoms with Crippen molar-refractivity contribution in [2.24, 2.45) is 0 Å². The lowest BCUT2D eigenvalue weighted by Crippen LogP contribution is -2.41. The summed E-state index contributed by atoms with van der Waals surface area (Å²) in [5, 5.41) is 6.36. The second-order valence-corrected chi connectivity index (χ2v) is 5.35. The number of urea groups is 1. The lowest BCUT2D eigenvalue weighted by Gasteiger charge is -2.22. The van der Waals surface area contributed by atoms with Crippen molar-refractivity contribution >= 4 is 22.5 Å². The van der Waals surface area contributed by atoms with Crippen molar-refractivity contribution in [2.75, 3.05) is 18.5 Å². The van der Waals surface area contributed by atoms with E-state index in [1.54, 1.807) is 0 Å². The van der Waals surface area contributed by atoms with Crippen molar-refractivity contribution in [1.82, 2.24) is 10.3 Å². The summed E-state index contributed by atoms with van der Waals surface area (Å²) in [6.45, 7) is 5.38. The van der Waals surface area contributed by atoms with Gasteiger partial charge in [0.1, 0.15) is 0 Å². The third kappa shape index (κ3) is 3.41. The minimum absolute atomic E-state index is 0.175. The summed E-state index contributed by atoms with van der Waals surface area (Å²) in [6, 6.07) is 0.0385. The van der Waals surface area contributed by atoms with Crippen LogP contribution >= 0.6 is 11.3 Å². The number of nitrogens with zero attached hydrogens (tertiary/aromatic N) is 1. The smallest absolute Gasteiger partial charge is 0.321 e. The highest BCUT2D eigenvalue weighted by Crippen LogP contribution is 2.20. The predicted octanol–water partition coefficient (Wildman–Crippen LogP) is 2.06. The van der Waals surface area contributed by atoms with Crippen molar-refractivity contribution in [3.63, 3.8) is 0 Å². The van der Waals surface area contributed by atoms with Gasteiger partial charge in [-0.15, -0.1) is 11.3 Å². The molecule has 0 atom stereocenters. The summed E-state index contributed by atoms with van der Waals surface area (Å²) in [6.07, 6.45) is 1.76. The molecule has 5 nitrogen and oxygen atoms in total. The molecular formula is C11H17N3O2S. The molecule has 2 N–H and O–H groups in total. The van der Waals surface area contributed by atoms with E-state index in [2.05, 4.69) is 15.6 Å². The number of nitrogens with one attached hydrogen (secondary N) is 2.